The van der Waals surface area contributed by atoms with Crippen molar-refractivity contribution in [2.24, 2.45) is 0 Å². The number of benzene rings is 2. The molecule has 0 heterocycles. The molecule has 0 N–H and O–H groups in total. The Kier molecular flexibility index (Phi) is 5.52. The quantitative estimate of drug-likeness (QED) is 0.729. The molecule has 2 aromatic carbocycles. The van der Waals surface area contributed by atoms with Gasteiger partial charge in [-0.15, -0.1) is 0 Å². The SMILES string of the molecule is COc1ccccc1CN(C)CCC(=O)c1ccccc1. The second-order valence-corrected chi connectivity index (χ2v) is 5.09. The normalized spacial score (nSPS) is 10.6. The predicted molar refractivity (Wildman–Crippen MR) is 84.7 cm³/mol. The number of carbonyl (C=O) groups excluding carboxylic acids is 1. The van der Waals surface area contributed by atoms with E-state index in [-0.39, 0.29) is 5.78 Å². The Bertz CT molecular complexity index is 581. The molecule has 0 saturated carbocycles. The van der Waals surface area contributed by atoms with Gasteiger partial charge in [0.25, 0.3) is 0 Å². The Balaban J connectivity index is 1.88. The van der Waals surface area contributed by atoms with Crippen molar-refractivity contribution < 1.29 is 9.53 Å². The van der Waals surface area contributed by atoms with Crippen LogP contribution in [0.25, 0.3) is 0 Å². The van der Waals surface area contributed by atoms with Crippen molar-refractivity contribution in [1.82, 2.24) is 4.90 Å². The van der Waals surface area contributed by atoms with Crippen LogP contribution in [0.2, 0.25) is 0 Å². The molecular weight excluding hydrogens is 262 g/mol. The zero-order valence-corrected chi connectivity index (χ0v) is 12.6. The van der Waals surface area contributed by atoms with E-state index in [9.17, 15) is 4.79 Å². The Labute approximate surface area is 126 Å². The third-order valence-corrected chi connectivity index (χ3v) is 3.45. The van der Waals surface area contributed by atoms with Crippen molar-refractivity contribution in [2.45, 2.75) is 13.0 Å². The zero-order valence-electron chi connectivity index (χ0n) is 12.6. The van der Waals surface area contributed by atoms with E-state index in [4.69, 9.17) is 4.74 Å². The number of hydrogen-bond acceptors (Lipinski definition) is 3. The molecule has 3 heteroatoms. The topological polar surface area (TPSA) is 29.5 Å². The molecule has 0 spiro atoms. The molecule has 2 rings (SSSR count). The standard InChI is InChI=1S/C18H21NO2/c1-19(14-16-10-6-7-11-18(16)21-2)13-12-17(20)15-8-4-3-5-9-15/h3-11H,12-14H2,1-2H3. The fourth-order valence-corrected chi connectivity index (χ4v) is 2.26. The van der Waals surface area contributed by atoms with E-state index in [0.717, 1.165) is 30.0 Å². The highest BCUT2D eigenvalue weighted by Gasteiger charge is 2.09. The summed E-state index contributed by atoms with van der Waals surface area (Å²) in [4.78, 5) is 14.2. The smallest absolute Gasteiger partial charge is 0.164 e. The van der Waals surface area contributed by atoms with Crippen LogP contribution in [0, 0.1) is 0 Å². The molecule has 110 valence electrons. The maximum atomic E-state index is 12.1. The van der Waals surface area contributed by atoms with E-state index in [1.54, 1.807) is 7.11 Å². The molecule has 0 fully saturated rings. The summed E-state index contributed by atoms with van der Waals surface area (Å²) in [6.07, 6.45) is 0.523. The van der Waals surface area contributed by atoms with Crippen molar-refractivity contribution >= 4 is 5.78 Å². The van der Waals surface area contributed by atoms with E-state index in [1.165, 1.54) is 0 Å². The number of ether oxygens (including phenoxy) is 1. The largest absolute Gasteiger partial charge is 0.496 e. The van der Waals surface area contributed by atoms with Gasteiger partial charge in [-0.1, -0.05) is 48.5 Å². The van der Waals surface area contributed by atoms with Crippen LogP contribution in [0.1, 0.15) is 22.3 Å². The van der Waals surface area contributed by atoms with Crippen LogP contribution in [0.5, 0.6) is 5.75 Å². The molecule has 0 atom stereocenters. The van der Waals surface area contributed by atoms with Crippen LogP contribution in [0.15, 0.2) is 54.6 Å². The first-order valence-corrected chi connectivity index (χ1v) is 7.09. The molecular formula is C18H21NO2. The number of carbonyl (C=O) groups is 1. The minimum absolute atomic E-state index is 0.183. The summed E-state index contributed by atoms with van der Waals surface area (Å²) in [6, 6.07) is 17.4. The van der Waals surface area contributed by atoms with Gasteiger partial charge < -0.3 is 9.64 Å². The van der Waals surface area contributed by atoms with Gasteiger partial charge >= 0.3 is 0 Å². The Hall–Kier alpha value is -2.13. The molecule has 0 bridgehead atoms. The number of hydrogen-bond donors (Lipinski definition) is 0. The number of rotatable bonds is 7. The highest BCUT2D eigenvalue weighted by Crippen LogP contribution is 2.18. The van der Waals surface area contributed by atoms with E-state index in [1.807, 2.05) is 61.6 Å². The molecule has 0 amide bonds. The van der Waals surface area contributed by atoms with Gasteiger partial charge in [-0.25, -0.2) is 0 Å². The van der Waals surface area contributed by atoms with Gasteiger partial charge in [0, 0.05) is 30.6 Å². The number of nitrogens with zero attached hydrogens (tertiary/aromatic N) is 1. The molecule has 3 nitrogen and oxygen atoms in total. The number of methoxy groups -OCH3 is 1. The number of Topliss-reactive ketones (excluding diaryl/α,β-unsaturated/α-hetero) is 1. The predicted octanol–water partition coefficient (Wildman–Crippen LogP) is 3.40. The second-order valence-electron chi connectivity index (χ2n) is 5.09. The average Bonchev–Trinajstić information content (AvgIpc) is 2.54. The lowest BCUT2D eigenvalue weighted by Gasteiger charge is -2.18. The maximum absolute atomic E-state index is 12.1. The van der Waals surface area contributed by atoms with E-state index in [0.29, 0.717) is 6.42 Å². The van der Waals surface area contributed by atoms with Crippen LogP contribution in [0.4, 0.5) is 0 Å². The summed E-state index contributed by atoms with van der Waals surface area (Å²) in [5.41, 5.74) is 1.91. The fourth-order valence-electron chi connectivity index (χ4n) is 2.26. The third-order valence-electron chi connectivity index (χ3n) is 3.45. The first kappa shape index (κ1) is 15.3. The first-order valence-electron chi connectivity index (χ1n) is 7.09. The Morgan fingerprint density at radius 3 is 2.43 bits per heavy atom. The van der Waals surface area contributed by atoms with Crippen molar-refractivity contribution in [3.05, 3.63) is 65.7 Å². The van der Waals surface area contributed by atoms with Crippen LogP contribution in [0.3, 0.4) is 0 Å². The number of para-hydroxylation sites is 1. The molecule has 0 aliphatic carbocycles. The molecule has 0 aromatic heterocycles. The Morgan fingerprint density at radius 2 is 1.71 bits per heavy atom. The number of ketones is 1. The highest BCUT2D eigenvalue weighted by atomic mass is 16.5. The highest BCUT2D eigenvalue weighted by molar-refractivity contribution is 5.96. The fraction of sp³-hybridized carbons (Fsp3) is 0.278. The third kappa shape index (κ3) is 4.43. The minimum Gasteiger partial charge on any atom is -0.496 e. The molecule has 0 radical (unpaired) electrons. The zero-order chi connectivity index (χ0) is 15.1. The van der Waals surface area contributed by atoms with Crippen LogP contribution >= 0.6 is 0 Å². The van der Waals surface area contributed by atoms with Gasteiger partial charge in [0.15, 0.2) is 5.78 Å². The molecule has 2 aromatic rings. The van der Waals surface area contributed by atoms with Crippen LogP contribution in [-0.2, 0) is 6.54 Å². The maximum Gasteiger partial charge on any atom is 0.164 e. The second kappa shape index (κ2) is 7.60. The van der Waals surface area contributed by atoms with Crippen molar-refractivity contribution in [3.8, 4) is 5.75 Å². The van der Waals surface area contributed by atoms with E-state index >= 15 is 0 Å². The van der Waals surface area contributed by atoms with Gasteiger partial charge in [0.05, 0.1) is 7.11 Å². The molecule has 21 heavy (non-hydrogen) atoms. The molecule has 0 unspecified atom stereocenters. The lowest BCUT2D eigenvalue weighted by atomic mass is 10.1. The summed E-state index contributed by atoms with van der Waals surface area (Å²) < 4.78 is 5.35. The van der Waals surface area contributed by atoms with Crippen LogP contribution < -0.4 is 4.74 Å². The van der Waals surface area contributed by atoms with Gasteiger partial charge in [0.1, 0.15) is 5.75 Å². The Morgan fingerprint density at radius 1 is 1.05 bits per heavy atom. The van der Waals surface area contributed by atoms with Gasteiger partial charge in [-0.2, -0.15) is 0 Å². The van der Waals surface area contributed by atoms with Crippen molar-refractivity contribution in [1.29, 1.82) is 0 Å². The van der Waals surface area contributed by atoms with Gasteiger partial charge in [-0.05, 0) is 13.1 Å². The average molecular weight is 283 g/mol. The van der Waals surface area contributed by atoms with Crippen LogP contribution in [-0.4, -0.2) is 31.4 Å². The molecule has 0 aliphatic rings. The lowest BCUT2D eigenvalue weighted by molar-refractivity contribution is 0.0968. The van der Waals surface area contributed by atoms with Gasteiger partial charge in [0.2, 0.25) is 0 Å². The summed E-state index contributed by atoms with van der Waals surface area (Å²) in [7, 11) is 3.70. The van der Waals surface area contributed by atoms with E-state index in [2.05, 4.69) is 4.90 Å². The summed E-state index contributed by atoms with van der Waals surface area (Å²) >= 11 is 0. The summed E-state index contributed by atoms with van der Waals surface area (Å²) in [5.74, 6) is 1.07. The summed E-state index contributed by atoms with van der Waals surface area (Å²) in [5, 5.41) is 0. The monoisotopic (exact) mass is 283 g/mol. The van der Waals surface area contributed by atoms with E-state index < -0.39 is 0 Å². The first-order chi connectivity index (χ1) is 10.2. The lowest BCUT2D eigenvalue weighted by Crippen LogP contribution is -2.21. The summed E-state index contributed by atoms with van der Waals surface area (Å²) in [6.45, 7) is 1.50. The van der Waals surface area contributed by atoms with Crippen molar-refractivity contribution in [2.75, 3.05) is 20.7 Å². The molecule has 0 aliphatic heterocycles. The molecule has 0 saturated heterocycles. The minimum atomic E-state index is 0.183. The van der Waals surface area contributed by atoms with Crippen molar-refractivity contribution in [3.63, 3.8) is 0 Å². The van der Waals surface area contributed by atoms with Gasteiger partial charge in [-0.3, -0.25) is 4.79 Å².